The van der Waals surface area contributed by atoms with Crippen molar-refractivity contribution in [2.24, 2.45) is 5.92 Å². The van der Waals surface area contributed by atoms with Gasteiger partial charge in [-0.1, -0.05) is 17.7 Å². The molecule has 1 aliphatic rings. The molecule has 8 nitrogen and oxygen atoms in total. The Morgan fingerprint density at radius 2 is 1.69 bits per heavy atom. The smallest absolute Gasteiger partial charge is 0.251 e. The molecule has 0 radical (unpaired) electrons. The number of phenolic OH excluding ortho intramolecular Hbond substituents is 1. The molecule has 0 atom stereocenters. The van der Waals surface area contributed by atoms with Crippen molar-refractivity contribution in [2.75, 3.05) is 26.2 Å². The van der Waals surface area contributed by atoms with Crippen molar-refractivity contribution in [2.45, 2.75) is 24.2 Å². The monoisotopic (exact) mass is 479 g/mol. The highest BCUT2D eigenvalue weighted by Crippen LogP contribution is 2.24. The van der Waals surface area contributed by atoms with E-state index in [9.17, 15) is 23.1 Å². The predicted molar refractivity (Wildman–Crippen MR) is 121 cm³/mol. The van der Waals surface area contributed by atoms with Crippen LogP contribution < -0.4 is 10.6 Å². The lowest BCUT2D eigenvalue weighted by molar-refractivity contribution is -0.126. The third-order valence-corrected chi connectivity index (χ3v) is 7.49. The van der Waals surface area contributed by atoms with Crippen LogP contribution in [0.1, 0.15) is 29.6 Å². The van der Waals surface area contributed by atoms with Gasteiger partial charge in [-0.2, -0.15) is 4.31 Å². The highest BCUT2D eigenvalue weighted by molar-refractivity contribution is 7.89. The van der Waals surface area contributed by atoms with E-state index < -0.39 is 10.0 Å². The zero-order valence-corrected chi connectivity index (χ0v) is 19.0. The third-order valence-electron chi connectivity index (χ3n) is 5.32. The Morgan fingerprint density at radius 1 is 1.03 bits per heavy atom. The number of carbonyl (C=O) groups is 2. The molecule has 3 N–H and O–H groups in total. The van der Waals surface area contributed by atoms with E-state index in [0.717, 1.165) is 0 Å². The first-order chi connectivity index (χ1) is 15.3. The summed E-state index contributed by atoms with van der Waals surface area (Å²) >= 11 is 5.83. The Morgan fingerprint density at radius 3 is 2.34 bits per heavy atom. The second kappa shape index (κ2) is 10.8. The van der Waals surface area contributed by atoms with Crippen molar-refractivity contribution in [3.63, 3.8) is 0 Å². The van der Waals surface area contributed by atoms with Crippen molar-refractivity contribution >= 4 is 33.4 Å². The topological polar surface area (TPSA) is 116 Å². The molecular weight excluding hydrogens is 454 g/mol. The Hall–Kier alpha value is -2.62. The first-order valence-corrected chi connectivity index (χ1v) is 12.2. The molecule has 2 aromatic carbocycles. The van der Waals surface area contributed by atoms with Gasteiger partial charge < -0.3 is 15.7 Å². The van der Waals surface area contributed by atoms with Crippen molar-refractivity contribution in [1.29, 1.82) is 0 Å². The summed E-state index contributed by atoms with van der Waals surface area (Å²) in [6.45, 7) is 1.35. The maximum Gasteiger partial charge on any atom is 0.251 e. The van der Waals surface area contributed by atoms with E-state index in [-0.39, 0.29) is 41.5 Å². The van der Waals surface area contributed by atoms with Crippen LogP contribution >= 0.6 is 11.6 Å². The summed E-state index contributed by atoms with van der Waals surface area (Å²) in [5.41, 5.74) is 0.370. The molecule has 1 fully saturated rings. The number of rotatable bonds is 8. The van der Waals surface area contributed by atoms with E-state index in [1.54, 1.807) is 24.3 Å². The van der Waals surface area contributed by atoms with Gasteiger partial charge in [-0.25, -0.2) is 8.42 Å². The first-order valence-electron chi connectivity index (χ1n) is 10.4. The highest BCUT2D eigenvalue weighted by atomic mass is 35.5. The number of phenols is 1. The van der Waals surface area contributed by atoms with Crippen molar-refractivity contribution in [1.82, 2.24) is 14.9 Å². The summed E-state index contributed by atoms with van der Waals surface area (Å²) in [7, 11) is -3.60. The summed E-state index contributed by atoms with van der Waals surface area (Å²) in [5.74, 6) is -0.611. The van der Waals surface area contributed by atoms with Crippen molar-refractivity contribution in [3.05, 3.63) is 59.1 Å². The minimum Gasteiger partial charge on any atom is -0.508 e. The first kappa shape index (κ1) is 24.0. The summed E-state index contributed by atoms with van der Waals surface area (Å²) in [6, 6.07) is 12.1. The van der Waals surface area contributed by atoms with Gasteiger partial charge in [0, 0.05) is 42.7 Å². The molecule has 0 unspecified atom stereocenters. The predicted octanol–water partition coefficient (Wildman–Crippen LogP) is 2.38. The number of halogens is 1. The van der Waals surface area contributed by atoms with Gasteiger partial charge in [-0.3, -0.25) is 9.59 Å². The lowest BCUT2D eigenvalue weighted by Gasteiger charge is -2.30. The molecule has 0 aliphatic carbocycles. The highest BCUT2D eigenvalue weighted by Gasteiger charge is 2.31. The minimum absolute atomic E-state index is 0.0249. The van der Waals surface area contributed by atoms with Gasteiger partial charge in [0.05, 0.1) is 4.90 Å². The Labute approximate surface area is 192 Å². The average Bonchev–Trinajstić information content (AvgIpc) is 2.79. The maximum atomic E-state index is 12.7. The van der Waals surface area contributed by atoms with E-state index >= 15 is 0 Å². The van der Waals surface area contributed by atoms with Gasteiger partial charge >= 0.3 is 0 Å². The largest absolute Gasteiger partial charge is 0.508 e. The summed E-state index contributed by atoms with van der Waals surface area (Å²) in [4.78, 5) is 24.6. The number of piperidine rings is 1. The molecule has 1 aliphatic heterocycles. The molecule has 10 heteroatoms. The molecule has 0 bridgehead atoms. The molecular formula is C22H26ClN3O5S. The average molecular weight is 480 g/mol. The van der Waals surface area contributed by atoms with Crippen LogP contribution in [0.3, 0.4) is 0 Å². The van der Waals surface area contributed by atoms with Gasteiger partial charge in [0.2, 0.25) is 15.9 Å². The molecule has 0 aromatic heterocycles. The number of hydrogen-bond acceptors (Lipinski definition) is 5. The van der Waals surface area contributed by atoms with Crippen LogP contribution in [0.5, 0.6) is 5.75 Å². The third kappa shape index (κ3) is 6.21. The van der Waals surface area contributed by atoms with Crippen LogP contribution in [0, 0.1) is 5.92 Å². The van der Waals surface area contributed by atoms with Gasteiger partial charge in [-0.05, 0) is 61.7 Å². The Kier molecular flexibility index (Phi) is 8.11. The quantitative estimate of drug-likeness (QED) is 0.503. The molecule has 1 saturated heterocycles. The van der Waals surface area contributed by atoms with Gasteiger partial charge in [0.1, 0.15) is 5.75 Å². The lowest BCUT2D eigenvalue weighted by Crippen LogP contribution is -2.43. The number of amides is 2. The summed E-state index contributed by atoms with van der Waals surface area (Å²) in [6.07, 6.45) is 1.46. The fraction of sp³-hybridized carbons (Fsp3) is 0.364. The van der Waals surface area contributed by atoms with Crippen molar-refractivity contribution < 1.29 is 23.1 Å². The van der Waals surface area contributed by atoms with Crippen molar-refractivity contribution in [3.8, 4) is 5.75 Å². The molecule has 1 heterocycles. The van der Waals surface area contributed by atoms with Gasteiger partial charge in [0.15, 0.2) is 0 Å². The molecule has 3 rings (SSSR count). The molecule has 172 valence electrons. The lowest BCUT2D eigenvalue weighted by atomic mass is 9.97. The second-order valence-electron chi connectivity index (χ2n) is 7.58. The summed E-state index contributed by atoms with van der Waals surface area (Å²) in [5, 5.41) is 15.5. The van der Waals surface area contributed by atoms with E-state index in [0.29, 0.717) is 42.9 Å². The normalized spacial score (nSPS) is 15.3. The van der Waals surface area contributed by atoms with E-state index in [1.807, 2.05) is 0 Å². The number of sulfonamides is 1. The zero-order valence-electron chi connectivity index (χ0n) is 17.5. The van der Waals surface area contributed by atoms with Crippen LogP contribution in [0.2, 0.25) is 5.02 Å². The number of aromatic hydroxyl groups is 1. The fourth-order valence-corrected chi connectivity index (χ4v) is 5.11. The van der Waals surface area contributed by atoms with E-state index in [1.165, 1.54) is 28.6 Å². The number of carbonyl (C=O) groups excluding carboxylic acids is 2. The SMILES string of the molecule is O=C(NCCCNC(=O)C1CCN(S(=O)(=O)c2ccc(Cl)cc2)CC1)c1cccc(O)c1. The van der Waals surface area contributed by atoms with Gasteiger partial charge in [-0.15, -0.1) is 0 Å². The number of nitrogens with one attached hydrogen (secondary N) is 2. The molecule has 2 amide bonds. The molecule has 0 saturated carbocycles. The van der Waals surface area contributed by atoms with Crippen LogP contribution in [-0.2, 0) is 14.8 Å². The molecule has 0 spiro atoms. The molecule has 2 aromatic rings. The van der Waals surface area contributed by atoms with E-state index in [4.69, 9.17) is 11.6 Å². The second-order valence-corrected chi connectivity index (χ2v) is 9.96. The zero-order chi connectivity index (χ0) is 23.1. The maximum absolute atomic E-state index is 12.7. The fourth-order valence-electron chi connectivity index (χ4n) is 3.51. The van der Waals surface area contributed by atoms with Crippen LogP contribution in [0.15, 0.2) is 53.4 Å². The molecule has 32 heavy (non-hydrogen) atoms. The Balaban J connectivity index is 1.37. The standard InChI is InChI=1S/C22H26ClN3O5S/c23-18-5-7-20(8-6-18)32(30,31)26-13-9-16(10-14-26)21(28)24-11-2-12-25-22(29)17-3-1-4-19(27)15-17/h1,3-8,15-16,27H,2,9-14H2,(H,24,28)(H,25,29). The van der Waals surface area contributed by atoms with E-state index in [2.05, 4.69) is 10.6 Å². The minimum atomic E-state index is -3.60. The van der Waals surface area contributed by atoms with Gasteiger partial charge in [0.25, 0.3) is 5.91 Å². The van der Waals surface area contributed by atoms with Crippen LogP contribution in [-0.4, -0.2) is 55.8 Å². The van der Waals surface area contributed by atoms with Crippen LogP contribution in [0.4, 0.5) is 0 Å². The van der Waals surface area contributed by atoms with Crippen LogP contribution in [0.25, 0.3) is 0 Å². The Bertz CT molecular complexity index is 1050. The number of hydrogen-bond donors (Lipinski definition) is 3. The number of nitrogens with zero attached hydrogens (tertiary/aromatic N) is 1. The summed E-state index contributed by atoms with van der Waals surface area (Å²) < 4.78 is 26.9. The number of benzene rings is 2.